The van der Waals surface area contributed by atoms with E-state index in [2.05, 4.69) is 17.2 Å². The van der Waals surface area contributed by atoms with Crippen LogP contribution in [0.25, 0.3) is 0 Å². The Morgan fingerprint density at radius 3 is 2.44 bits per heavy atom. The molecule has 2 saturated carbocycles. The quantitative estimate of drug-likeness (QED) is 0.455. The van der Waals surface area contributed by atoms with Crippen LogP contribution in [-0.2, 0) is 19.6 Å². The number of aliphatic carboxylic acids is 1. The number of anilines is 1. The normalized spacial score (nSPS) is 23.5. The van der Waals surface area contributed by atoms with Crippen molar-refractivity contribution in [1.82, 2.24) is 9.71 Å². The second-order valence-corrected chi connectivity index (χ2v) is 12.4. The predicted molar refractivity (Wildman–Crippen MR) is 124 cm³/mol. The first kappa shape index (κ1) is 25.1. The van der Waals surface area contributed by atoms with Gasteiger partial charge in [-0.2, -0.15) is 4.72 Å². The van der Waals surface area contributed by atoms with E-state index < -0.39 is 22.5 Å². The minimum Gasteiger partial charge on any atom is -0.480 e. The highest BCUT2D eigenvalue weighted by atomic mass is 32.2. The van der Waals surface area contributed by atoms with Crippen molar-refractivity contribution < 1.29 is 23.1 Å². The Morgan fingerprint density at radius 2 is 1.78 bits per heavy atom. The third kappa shape index (κ3) is 7.25. The first-order chi connectivity index (χ1) is 15.2. The molecular weight excluding hydrogens is 450 g/mol. The highest BCUT2D eigenvalue weighted by Crippen LogP contribution is 2.43. The smallest absolute Gasteiger partial charge is 0.318 e. The average molecular weight is 486 g/mol. The first-order valence-electron chi connectivity index (χ1n) is 11.7. The van der Waals surface area contributed by atoms with E-state index in [1.807, 2.05) is 4.72 Å². The monoisotopic (exact) mass is 485 g/mol. The number of carbonyl (C=O) groups is 2. The molecule has 1 aromatic heterocycles. The Hall–Kier alpha value is -1.52. The van der Waals surface area contributed by atoms with E-state index in [4.69, 9.17) is 5.11 Å². The van der Waals surface area contributed by atoms with Crippen molar-refractivity contribution in [3.63, 3.8) is 0 Å². The number of thiazole rings is 1. The van der Waals surface area contributed by atoms with Crippen molar-refractivity contribution >= 4 is 38.4 Å². The number of nitrogens with one attached hydrogen (secondary N) is 2. The molecule has 3 rings (SSSR count). The first-order valence-corrected chi connectivity index (χ1v) is 14.0. The lowest BCUT2D eigenvalue weighted by atomic mass is 9.67. The van der Waals surface area contributed by atoms with Gasteiger partial charge in [0.05, 0.1) is 6.20 Å². The van der Waals surface area contributed by atoms with Crippen molar-refractivity contribution in [2.45, 2.75) is 81.8 Å². The molecule has 2 aliphatic rings. The van der Waals surface area contributed by atoms with Gasteiger partial charge in [0.15, 0.2) is 9.34 Å². The molecule has 0 aromatic carbocycles. The number of amides is 1. The molecule has 3 N–H and O–H groups in total. The van der Waals surface area contributed by atoms with Crippen LogP contribution in [0.4, 0.5) is 5.13 Å². The van der Waals surface area contributed by atoms with Crippen molar-refractivity contribution in [3.05, 3.63) is 6.20 Å². The van der Waals surface area contributed by atoms with Gasteiger partial charge in [0.1, 0.15) is 6.54 Å². The third-order valence-corrected chi connectivity index (χ3v) is 9.81. The van der Waals surface area contributed by atoms with Gasteiger partial charge in [-0.05, 0) is 42.9 Å². The molecule has 8 nitrogen and oxygen atoms in total. The molecule has 0 spiro atoms. The second-order valence-electron chi connectivity index (χ2n) is 9.37. The Balaban J connectivity index is 1.56. The number of carboxylic acids is 1. The van der Waals surface area contributed by atoms with Crippen LogP contribution in [0.1, 0.15) is 77.6 Å². The van der Waals surface area contributed by atoms with Gasteiger partial charge < -0.3 is 10.4 Å². The molecule has 180 valence electrons. The highest BCUT2D eigenvalue weighted by Gasteiger charge is 2.32. The van der Waals surface area contributed by atoms with E-state index in [-0.39, 0.29) is 15.2 Å². The highest BCUT2D eigenvalue weighted by molar-refractivity contribution is 7.91. The van der Waals surface area contributed by atoms with Gasteiger partial charge in [0.25, 0.3) is 10.0 Å². The van der Waals surface area contributed by atoms with Gasteiger partial charge in [-0.3, -0.25) is 9.59 Å². The molecule has 1 unspecified atom stereocenters. The van der Waals surface area contributed by atoms with Crippen LogP contribution in [0.15, 0.2) is 10.4 Å². The van der Waals surface area contributed by atoms with Crippen molar-refractivity contribution in [1.29, 1.82) is 0 Å². The molecule has 1 aromatic rings. The molecule has 0 aliphatic heterocycles. The maximum Gasteiger partial charge on any atom is 0.318 e. The maximum absolute atomic E-state index is 12.6. The minimum absolute atomic E-state index is 0.120. The number of aromatic nitrogens is 1. The molecule has 1 amide bonds. The fraction of sp³-hybridized carbons (Fsp3) is 0.773. The molecule has 1 heterocycles. The summed E-state index contributed by atoms with van der Waals surface area (Å²) in [5.74, 6) is 1.40. The van der Waals surface area contributed by atoms with Gasteiger partial charge in [-0.1, -0.05) is 63.2 Å². The molecule has 2 fully saturated rings. The summed E-state index contributed by atoms with van der Waals surface area (Å²) in [6, 6.07) is 0. The zero-order chi connectivity index (χ0) is 23.1. The lowest BCUT2D eigenvalue weighted by Gasteiger charge is -2.39. The van der Waals surface area contributed by atoms with E-state index in [0.717, 1.165) is 29.9 Å². The summed E-state index contributed by atoms with van der Waals surface area (Å²) in [6.07, 6.45) is 14.0. The molecule has 2 aliphatic carbocycles. The summed E-state index contributed by atoms with van der Waals surface area (Å²) in [6.45, 7) is 1.63. The summed E-state index contributed by atoms with van der Waals surface area (Å²) < 4.78 is 26.1. The fourth-order valence-corrected chi connectivity index (χ4v) is 7.35. The zero-order valence-corrected chi connectivity index (χ0v) is 20.3. The van der Waals surface area contributed by atoms with E-state index in [1.165, 1.54) is 57.8 Å². The van der Waals surface area contributed by atoms with Crippen LogP contribution in [-0.4, -0.2) is 36.9 Å². The summed E-state index contributed by atoms with van der Waals surface area (Å²) in [7, 11) is -3.96. The maximum atomic E-state index is 12.6. The zero-order valence-electron chi connectivity index (χ0n) is 18.7. The number of hydrogen-bond donors (Lipinski definition) is 3. The van der Waals surface area contributed by atoms with Gasteiger partial charge in [-0.25, -0.2) is 13.4 Å². The Bertz CT molecular complexity index is 872. The van der Waals surface area contributed by atoms with Gasteiger partial charge in [-0.15, -0.1) is 0 Å². The van der Waals surface area contributed by atoms with Crippen LogP contribution in [0.3, 0.4) is 0 Å². The van der Waals surface area contributed by atoms with Crippen LogP contribution in [0.5, 0.6) is 0 Å². The number of carbonyl (C=O) groups excluding carboxylic acids is 1. The third-order valence-electron chi connectivity index (χ3n) is 7.04. The summed E-state index contributed by atoms with van der Waals surface area (Å²) in [5.41, 5.74) is 0. The summed E-state index contributed by atoms with van der Waals surface area (Å²) in [4.78, 5) is 27.2. The molecule has 0 bridgehead atoms. The second kappa shape index (κ2) is 11.6. The van der Waals surface area contributed by atoms with E-state index >= 15 is 0 Å². The summed E-state index contributed by atoms with van der Waals surface area (Å²) in [5, 5.41) is 11.6. The van der Waals surface area contributed by atoms with E-state index in [1.54, 1.807) is 0 Å². The van der Waals surface area contributed by atoms with Crippen LogP contribution in [0.2, 0.25) is 0 Å². The number of nitrogens with zero attached hydrogens (tertiary/aromatic N) is 1. The lowest BCUT2D eigenvalue weighted by molar-refractivity contribution is -0.135. The van der Waals surface area contributed by atoms with E-state index in [9.17, 15) is 18.0 Å². The SMILES string of the molecule is CC1CCC(C(CCC(=O)Nc2ncc(S(=O)(=O)NCC(=O)O)s2)C2CCCCC2)CC1. The number of hydrogen-bond acceptors (Lipinski definition) is 6. The Kier molecular flexibility index (Phi) is 9.07. The van der Waals surface area contributed by atoms with Crippen LogP contribution < -0.4 is 10.0 Å². The number of carboxylic acid groups (broad SMARTS) is 1. The molecular formula is C22H35N3O5S2. The fourth-order valence-electron chi connectivity index (χ4n) is 5.28. The predicted octanol–water partition coefficient (Wildman–Crippen LogP) is 4.25. The van der Waals surface area contributed by atoms with Crippen molar-refractivity contribution in [2.75, 3.05) is 11.9 Å². The molecule has 10 heteroatoms. The molecule has 32 heavy (non-hydrogen) atoms. The van der Waals surface area contributed by atoms with E-state index in [0.29, 0.717) is 24.2 Å². The molecule has 0 radical (unpaired) electrons. The topological polar surface area (TPSA) is 125 Å². The largest absolute Gasteiger partial charge is 0.480 e. The van der Waals surface area contributed by atoms with Crippen molar-refractivity contribution in [2.24, 2.45) is 23.7 Å². The molecule has 1 atom stereocenters. The lowest BCUT2D eigenvalue weighted by Crippen LogP contribution is -2.29. The number of rotatable bonds is 10. The molecule has 0 saturated heterocycles. The standard InChI is InChI=1S/C22H35N3O5S2/c1-15-7-9-17(10-8-15)18(16-5-3-2-4-6-16)11-12-19(26)25-22-23-14-21(31-22)32(29,30)24-13-20(27)28/h14-18,24H,2-13H2,1H3,(H,27,28)(H,23,25,26). The van der Waals surface area contributed by atoms with Crippen molar-refractivity contribution in [3.8, 4) is 0 Å². The van der Waals surface area contributed by atoms with Crippen LogP contribution in [0, 0.1) is 23.7 Å². The Morgan fingerprint density at radius 1 is 1.12 bits per heavy atom. The van der Waals surface area contributed by atoms with Gasteiger partial charge in [0, 0.05) is 6.42 Å². The number of sulfonamides is 1. The van der Waals surface area contributed by atoms with Crippen LogP contribution >= 0.6 is 11.3 Å². The van der Waals surface area contributed by atoms with Gasteiger partial charge >= 0.3 is 5.97 Å². The average Bonchev–Trinajstić information content (AvgIpc) is 3.24. The minimum atomic E-state index is -3.96. The summed E-state index contributed by atoms with van der Waals surface area (Å²) >= 11 is 0.824. The van der Waals surface area contributed by atoms with Gasteiger partial charge in [0.2, 0.25) is 5.91 Å². The Labute approximate surface area is 194 Å².